The first kappa shape index (κ1) is 13.1. The molecule has 1 aromatic carbocycles. The van der Waals surface area contributed by atoms with Gasteiger partial charge in [-0.15, -0.1) is 0 Å². The zero-order valence-electron chi connectivity index (χ0n) is 10.9. The fourth-order valence-electron chi connectivity index (χ4n) is 2.48. The van der Waals surface area contributed by atoms with Crippen LogP contribution < -0.4 is 10.2 Å². The van der Waals surface area contributed by atoms with Crippen molar-refractivity contribution in [1.82, 2.24) is 4.57 Å². The van der Waals surface area contributed by atoms with Gasteiger partial charge in [-0.05, 0) is 13.0 Å². The Kier molecular flexibility index (Phi) is 2.69. The van der Waals surface area contributed by atoms with Crippen molar-refractivity contribution in [3.63, 3.8) is 0 Å². The number of rotatable bonds is 1. The van der Waals surface area contributed by atoms with Gasteiger partial charge in [-0.3, -0.25) is 4.79 Å². The molecule has 0 aliphatic carbocycles. The quantitative estimate of drug-likeness (QED) is 0.861. The summed E-state index contributed by atoms with van der Waals surface area (Å²) in [6.45, 7) is 1.93. The van der Waals surface area contributed by atoms with Gasteiger partial charge in [-0.1, -0.05) is 0 Å². The number of benzene rings is 1. The Bertz CT molecular complexity index is 895. The third kappa shape index (κ3) is 1.69. The molecule has 0 amide bonds. The van der Waals surface area contributed by atoms with E-state index >= 15 is 0 Å². The highest BCUT2D eigenvalue weighted by molar-refractivity contribution is 5.95. The number of hydrogen-bond donors (Lipinski definition) is 1. The van der Waals surface area contributed by atoms with Crippen LogP contribution in [0.25, 0.3) is 10.9 Å². The Balaban J connectivity index is 2.59. The molecule has 1 N–H and O–H groups in total. The molecule has 106 valence electrons. The lowest BCUT2D eigenvalue weighted by Gasteiger charge is -2.27. The van der Waals surface area contributed by atoms with Crippen molar-refractivity contribution >= 4 is 16.9 Å². The normalized spacial score (nSPS) is 16.3. The number of carboxylic acids is 1. The maximum Gasteiger partial charge on any atom is 0.341 e. The molecule has 0 fully saturated rings. The smallest absolute Gasteiger partial charge is 0.341 e. The molecule has 1 aromatic heterocycles. The number of halogens is 1. The van der Waals surface area contributed by atoms with Gasteiger partial charge in [0.15, 0.2) is 5.75 Å². The molecule has 0 unspecified atom stereocenters. The molecule has 0 saturated carbocycles. The highest BCUT2D eigenvalue weighted by atomic mass is 19.1. The maximum atomic E-state index is 13.9. The number of aromatic nitrogens is 1. The number of nitriles is 1. The lowest BCUT2D eigenvalue weighted by Crippen LogP contribution is -2.27. The molecule has 21 heavy (non-hydrogen) atoms. The van der Waals surface area contributed by atoms with E-state index in [1.807, 2.05) is 0 Å². The average molecular weight is 288 g/mol. The van der Waals surface area contributed by atoms with E-state index in [4.69, 9.17) is 15.1 Å². The highest BCUT2D eigenvalue weighted by Crippen LogP contribution is 2.35. The van der Waals surface area contributed by atoms with Crippen LogP contribution in [0.15, 0.2) is 17.1 Å². The number of ether oxygens (including phenoxy) is 1. The van der Waals surface area contributed by atoms with Crippen LogP contribution in [0.5, 0.6) is 5.75 Å². The fourth-order valence-corrected chi connectivity index (χ4v) is 2.48. The third-order valence-electron chi connectivity index (χ3n) is 3.51. The summed E-state index contributed by atoms with van der Waals surface area (Å²) in [5.74, 6) is -2.30. The SMILES string of the molecule is C[C@H]1COc2c(C#N)c(F)cc3c(=O)c(C(=O)O)cn1c23. The molecule has 0 spiro atoms. The summed E-state index contributed by atoms with van der Waals surface area (Å²) >= 11 is 0. The molecular weight excluding hydrogens is 279 g/mol. The maximum absolute atomic E-state index is 13.9. The van der Waals surface area contributed by atoms with E-state index in [-0.39, 0.29) is 34.9 Å². The van der Waals surface area contributed by atoms with E-state index in [2.05, 4.69) is 0 Å². The standard InChI is InChI=1S/C14H9FN2O4/c1-6-5-21-13-8(3-16)10(15)2-7-11(13)17(6)4-9(12(7)18)14(19)20/h2,4,6H,5H2,1H3,(H,19,20)/t6-/m0/s1. The van der Waals surface area contributed by atoms with Crippen LogP contribution in [0.2, 0.25) is 0 Å². The van der Waals surface area contributed by atoms with Crippen LogP contribution in [0.4, 0.5) is 4.39 Å². The molecule has 6 nitrogen and oxygen atoms in total. The fraction of sp³-hybridized carbons (Fsp3) is 0.214. The second-order valence-corrected chi connectivity index (χ2v) is 4.81. The van der Waals surface area contributed by atoms with E-state index < -0.39 is 22.8 Å². The first-order valence-electron chi connectivity index (χ1n) is 6.13. The molecule has 0 bridgehead atoms. The largest absolute Gasteiger partial charge is 0.488 e. The Morgan fingerprint density at radius 1 is 1.62 bits per heavy atom. The number of carboxylic acid groups (broad SMARTS) is 1. The number of pyridine rings is 1. The Labute approximate surface area is 117 Å². The lowest BCUT2D eigenvalue weighted by atomic mass is 10.0. The number of aromatic carboxylic acids is 1. The summed E-state index contributed by atoms with van der Waals surface area (Å²) in [4.78, 5) is 23.3. The Morgan fingerprint density at radius 3 is 2.95 bits per heavy atom. The Morgan fingerprint density at radius 2 is 2.33 bits per heavy atom. The summed E-state index contributed by atoms with van der Waals surface area (Å²) in [6.07, 6.45) is 1.21. The van der Waals surface area contributed by atoms with Gasteiger partial charge < -0.3 is 14.4 Å². The first-order valence-corrected chi connectivity index (χ1v) is 6.13. The first-order chi connectivity index (χ1) is 9.95. The predicted octanol–water partition coefficient (Wildman–Crippen LogP) is 1.66. The van der Waals surface area contributed by atoms with Crippen molar-refractivity contribution in [2.24, 2.45) is 0 Å². The van der Waals surface area contributed by atoms with Crippen molar-refractivity contribution in [3.05, 3.63) is 39.4 Å². The summed E-state index contributed by atoms with van der Waals surface area (Å²) in [5, 5.41) is 18.0. The van der Waals surface area contributed by atoms with Crippen molar-refractivity contribution in [2.75, 3.05) is 6.61 Å². The summed E-state index contributed by atoms with van der Waals surface area (Å²) in [5.41, 5.74) is -1.27. The summed E-state index contributed by atoms with van der Waals surface area (Å²) < 4.78 is 20.9. The van der Waals surface area contributed by atoms with E-state index in [0.29, 0.717) is 0 Å². The molecule has 7 heteroatoms. The van der Waals surface area contributed by atoms with Crippen LogP contribution in [-0.4, -0.2) is 22.2 Å². The zero-order valence-corrected chi connectivity index (χ0v) is 10.9. The average Bonchev–Trinajstić information content (AvgIpc) is 2.44. The molecule has 2 heterocycles. The van der Waals surface area contributed by atoms with Gasteiger partial charge in [0.1, 0.15) is 29.6 Å². The van der Waals surface area contributed by atoms with Gasteiger partial charge in [0, 0.05) is 6.20 Å². The number of carbonyl (C=O) groups is 1. The highest BCUT2D eigenvalue weighted by Gasteiger charge is 2.27. The van der Waals surface area contributed by atoms with Crippen molar-refractivity contribution < 1.29 is 19.0 Å². The minimum Gasteiger partial charge on any atom is -0.488 e. The molecule has 1 aliphatic rings. The van der Waals surface area contributed by atoms with Crippen LogP contribution in [0.1, 0.15) is 28.9 Å². The van der Waals surface area contributed by atoms with Crippen molar-refractivity contribution in [1.29, 1.82) is 5.26 Å². The van der Waals surface area contributed by atoms with Crippen LogP contribution >= 0.6 is 0 Å². The predicted molar refractivity (Wildman–Crippen MR) is 70.0 cm³/mol. The molecule has 0 saturated heterocycles. The molecule has 1 atom stereocenters. The van der Waals surface area contributed by atoms with Crippen molar-refractivity contribution in [3.8, 4) is 11.8 Å². The lowest BCUT2D eigenvalue weighted by molar-refractivity contribution is 0.0694. The topological polar surface area (TPSA) is 92.3 Å². The van der Waals surface area contributed by atoms with E-state index in [1.165, 1.54) is 6.20 Å². The second-order valence-electron chi connectivity index (χ2n) is 4.81. The van der Waals surface area contributed by atoms with E-state index in [9.17, 15) is 14.0 Å². The van der Waals surface area contributed by atoms with Gasteiger partial charge in [-0.2, -0.15) is 5.26 Å². The van der Waals surface area contributed by atoms with Gasteiger partial charge in [0.25, 0.3) is 0 Å². The zero-order chi connectivity index (χ0) is 15.3. The van der Waals surface area contributed by atoms with Crippen LogP contribution in [0.3, 0.4) is 0 Å². The number of hydrogen-bond acceptors (Lipinski definition) is 4. The minimum absolute atomic E-state index is 0.0142. The Hall–Kier alpha value is -2.88. The molecule has 2 aromatic rings. The second kappa shape index (κ2) is 4.31. The van der Waals surface area contributed by atoms with Gasteiger partial charge >= 0.3 is 5.97 Å². The van der Waals surface area contributed by atoms with E-state index in [0.717, 1.165) is 6.07 Å². The van der Waals surface area contributed by atoms with Gasteiger partial charge in [0.2, 0.25) is 5.43 Å². The van der Waals surface area contributed by atoms with E-state index in [1.54, 1.807) is 17.6 Å². The van der Waals surface area contributed by atoms with Gasteiger partial charge in [-0.25, -0.2) is 9.18 Å². The van der Waals surface area contributed by atoms with Crippen LogP contribution in [0, 0.1) is 17.1 Å². The van der Waals surface area contributed by atoms with Crippen LogP contribution in [-0.2, 0) is 0 Å². The third-order valence-corrected chi connectivity index (χ3v) is 3.51. The molecular formula is C14H9FN2O4. The summed E-state index contributed by atoms with van der Waals surface area (Å²) in [6, 6.07) is 2.36. The van der Waals surface area contributed by atoms with Gasteiger partial charge in [0.05, 0.1) is 16.9 Å². The van der Waals surface area contributed by atoms with Crippen molar-refractivity contribution in [2.45, 2.75) is 13.0 Å². The number of nitrogens with zero attached hydrogens (tertiary/aromatic N) is 2. The molecule has 3 rings (SSSR count). The minimum atomic E-state index is -1.38. The molecule has 1 aliphatic heterocycles. The summed E-state index contributed by atoms with van der Waals surface area (Å²) in [7, 11) is 0. The monoisotopic (exact) mass is 288 g/mol. The molecule has 0 radical (unpaired) electrons.